The largest absolute Gasteiger partial charge is 0.467 e. The highest BCUT2D eigenvalue weighted by Crippen LogP contribution is 2.33. The Bertz CT molecular complexity index is 990. The topological polar surface area (TPSA) is 109 Å². The maximum Gasteiger partial charge on any atom is 0.269 e. The Morgan fingerprint density at radius 3 is 2.48 bits per heavy atom. The third kappa shape index (κ3) is 5.36. The lowest BCUT2D eigenvalue weighted by Gasteiger charge is -2.25. The number of rotatable bonds is 6. The number of carbonyl (C=O) groups is 2. The summed E-state index contributed by atoms with van der Waals surface area (Å²) in [6, 6.07) is 9.10. The molecule has 0 radical (unpaired) electrons. The molecule has 1 aromatic carbocycles. The van der Waals surface area contributed by atoms with Gasteiger partial charge in [0.05, 0.1) is 16.9 Å². The molecule has 1 aliphatic rings. The van der Waals surface area contributed by atoms with E-state index in [0.29, 0.717) is 29.9 Å². The Labute approximate surface area is 180 Å². The average Bonchev–Trinajstić information content (AvgIpc) is 3.36. The zero-order valence-corrected chi connectivity index (χ0v) is 18.1. The Kier molecular flexibility index (Phi) is 6.24. The van der Waals surface area contributed by atoms with Crippen molar-refractivity contribution < 1.29 is 18.9 Å². The van der Waals surface area contributed by atoms with Crippen LogP contribution in [-0.4, -0.2) is 46.0 Å². The summed E-state index contributed by atoms with van der Waals surface area (Å²) in [5, 5.41) is 16.7. The molecule has 164 valence electrons. The van der Waals surface area contributed by atoms with Crippen molar-refractivity contribution in [3.05, 3.63) is 64.1 Å². The quantitative estimate of drug-likeness (QED) is 0.516. The third-order valence-corrected chi connectivity index (χ3v) is 4.93. The van der Waals surface area contributed by atoms with Crippen molar-refractivity contribution in [2.75, 3.05) is 13.6 Å². The fourth-order valence-corrected chi connectivity index (χ4v) is 3.35. The van der Waals surface area contributed by atoms with E-state index in [0.717, 1.165) is 0 Å². The molecule has 2 amide bonds. The average molecular weight is 426 g/mol. The summed E-state index contributed by atoms with van der Waals surface area (Å²) in [6.45, 7) is 5.79. The van der Waals surface area contributed by atoms with Crippen LogP contribution in [0.5, 0.6) is 0 Å². The molecule has 0 aliphatic carbocycles. The standard InChI is InChI=1S/C22H26N4O5/c1-22(2,3)13-20(27)24(4)14-21(28)25-18(19-6-5-11-31-19)12-17(23-25)15-7-9-16(10-8-15)26(29)30/h5-11,18H,12-14H2,1-4H3. The Hall–Kier alpha value is -3.49. The number of nitrogens with zero attached hydrogens (tertiary/aromatic N) is 4. The molecule has 0 N–H and O–H groups in total. The molecule has 0 spiro atoms. The lowest BCUT2D eigenvalue weighted by atomic mass is 9.92. The lowest BCUT2D eigenvalue weighted by Crippen LogP contribution is -2.40. The summed E-state index contributed by atoms with van der Waals surface area (Å²) in [4.78, 5) is 37.3. The minimum absolute atomic E-state index is 0.0168. The highest BCUT2D eigenvalue weighted by Gasteiger charge is 2.35. The third-order valence-electron chi connectivity index (χ3n) is 4.93. The summed E-state index contributed by atoms with van der Waals surface area (Å²) < 4.78 is 5.51. The molecule has 2 heterocycles. The van der Waals surface area contributed by atoms with E-state index in [1.54, 1.807) is 31.3 Å². The lowest BCUT2D eigenvalue weighted by molar-refractivity contribution is -0.384. The predicted molar refractivity (Wildman–Crippen MR) is 114 cm³/mol. The van der Waals surface area contributed by atoms with Crippen LogP contribution in [0.4, 0.5) is 5.69 Å². The fraction of sp³-hybridized carbons (Fsp3) is 0.409. The first-order chi connectivity index (χ1) is 14.5. The fourth-order valence-electron chi connectivity index (χ4n) is 3.35. The van der Waals surface area contributed by atoms with Gasteiger partial charge in [0, 0.05) is 32.0 Å². The summed E-state index contributed by atoms with van der Waals surface area (Å²) in [6.07, 6.45) is 2.26. The van der Waals surface area contributed by atoms with Crippen LogP contribution in [0.15, 0.2) is 52.2 Å². The highest BCUT2D eigenvalue weighted by atomic mass is 16.6. The maximum atomic E-state index is 13.0. The van der Waals surface area contributed by atoms with Gasteiger partial charge < -0.3 is 9.32 Å². The van der Waals surface area contributed by atoms with Gasteiger partial charge in [0.1, 0.15) is 18.3 Å². The number of hydrogen-bond acceptors (Lipinski definition) is 6. The van der Waals surface area contributed by atoms with Crippen molar-refractivity contribution in [3.63, 3.8) is 0 Å². The van der Waals surface area contributed by atoms with Crippen molar-refractivity contribution in [2.24, 2.45) is 10.5 Å². The molecule has 9 heteroatoms. The second-order valence-electron chi connectivity index (χ2n) is 8.81. The van der Waals surface area contributed by atoms with E-state index in [1.165, 1.54) is 28.3 Å². The Morgan fingerprint density at radius 2 is 1.94 bits per heavy atom. The normalized spacial score (nSPS) is 16.2. The molecule has 0 bridgehead atoms. The minimum atomic E-state index is -0.466. The number of benzene rings is 1. The van der Waals surface area contributed by atoms with Gasteiger partial charge in [-0.3, -0.25) is 19.7 Å². The second kappa shape index (κ2) is 8.71. The summed E-state index contributed by atoms with van der Waals surface area (Å²) in [7, 11) is 1.60. The number of hydrogen-bond donors (Lipinski definition) is 0. The smallest absolute Gasteiger partial charge is 0.269 e. The second-order valence-corrected chi connectivity index (χ2v) is 8.81. The monoisotopic (exact) mass is 426 g/mol. The van der Waals surface area contributed by atoms with Gasteiger partial charge in [0.15, 0.2) is 0 Å². The summed E-state index contributed by atoms with van der Waals surface area (Å²) in [5.41, 5.74) is 1.11. The molecule has 0 saturated carbocycles. The van der Waals surface area contributed by atoms with Crippen molar-refractivity contribution >= 4 is 23.2 Å². The van der Waals surface area contributed by atoms with Gasteiger partial charge in [0.2, 0.25) is 5.91 Å². The molecular formula is C22H26N4O5. The van der Waals surface area contributed by atoms with Crippen LogP contribution < -0.4 is 0 Å². The molecular weight excluding hydrogens is 400 g/mol. The molecule has 3 rings (SSSR count). The number of non-ortho nitro benzene ring substituents is 1. The van der Waals surface area contributed by atoms with Crippen LogP contribution >= 0.6 is 0 Å². The van der Waals surface area contributed by atoms with E-state index >= 15 is 0 Å². The van der Waals surface area contributed by atoms with Crippen LogP contribution in [0.3, 0.4) is 0 Å². The summed E-state index contributed by atoms with van der Waals surface area (Å²) >= 11 is 0. The minimum Gasteiger partial charge on any atom is -0.467 e. The molecule has 1 atom stereocenters. The molecule has 2 aromatic rings. The van der Waals surface area contributed by atoms with Crippen molar-refractivity contribution in [1.29, 1.82) is 0 Å². The molecule has 31 heavy (non-hydrogen) atoms. The van der Waals surface area contributed by atoms with Gasteiger partial charge in [-0.1, -0.05) is 20.8 Å². The van der Waals surface area contributed by atoms with Gasteiger partial charge in [-0.05, 0) is 35.2 Å². The van der Waals surface area contributed by atoms with E-state index in [9.17, 15) is 19.7 Å². The van der Waals surface area contributed by atoms with E-state index in [1.807, 2.05) is 20.8 Å². The first-order valence-corrected chi connectivity index (χ1v) is 9.97. The highest BCUT2D eigenvalue weighted by molar-refractivity contribution is 6.03. The number of amides is 2. The van der Waals surface area contributed by atoms with Gasteiger partial charge in [-0.2, -0.15) is 5.10 Å². The Balaban J connectivity index is 1.81. The maximum absolute atomic E-state index is 13.0. The number of hydrazone groups is 1. The van der Waals surface area contributed by atoms with Crippen LogP contribution in [0, 0.1) is 15.5 Å². The number of carbonyl (C=O) groups excluding carboxylic acids is 2. The van der Waals surface area contributed by atoms with Crippen molar-refractivity contribution in [3.8, 4) is 0 Å². The molecule has 1 aromatic heterocycles. The van der Waals surface area contributed by atoms with Gasteiger partial charge in [-0.15, -0.1) is 0 Å². The van der Waals surface area contributed by atoms with Crippen molar-refractivity contribution in [2.45, 2.75) is 39.7 Å². The zero-order valence-electron chi connectivity index (χ0n) is 18.1. The first kappa shape index (κ1) is 22.2. The van der Waals surface area contributed by atoms with Crippen molar-refractivity contribution in [1.82, 2.24) is 9.91 Å². The number of likely N-dealkylation sites (N-methyl/N-ethyl adjacent to an activating group) is 1. The van der Waals surface area contributed by atoms with E-state index in [4.69, 9.17) is 4.42 Å². The molecule has 0 fully saturated rings. The van der Waals surface area contributed by atoms with E-state index in [-0.39, 0.29) is 29.5 Å². The zero-order chi connectivity index (χ0) is 22.8. The van der Waals surface area contributed by atoms with Crippen LogP contribution in [0.25, 0.3) is 0 Å². The molecule has 1 aliphatic heterocycles. The van der Waals surface area contributed by atoms with Gasteiger partial charge in [0.25, 0.3) is 11.6 Å². The number of nitro benzene ring substituents is 1. The van der Waals surface area contributed by atoms with E-state index < -0.39 is 11.0 Å². The SMILES string of the molecule is CN(CC(=O)N1N=C(c2ccc([N+](=O)[O-])cc2)CC1c1ccco1)C(=O)CC(C)(C)C. The van der Waals surface area contributed by atoms with E-state index in [2.05, 4.69) is 5.10 Å². The van der Waals surface area contributed by atoms with Crippen LogP contribution in [0.2, 0.25) is 0 Å². The number of nitro groups is 1. The summed E-state index contributed by atoms with van der Waals surface area (Å²) in [5.74, 6) is 0.134. The van der Waals surface area contributed by atoms with Crippen LogP contribution in [-0.2, 0) is 9.59 Å². The van der Waals surface area contributed by atoms with Crippen LogP contribution in [0.1, 0.15) is 51.0 Å². The Morgan fingerprint density at radius 1 is 1.26 bits per heavy atom. The number of furan rings is 1. The van der Waals surface area contributed by atoms with Gasteiger partial charge >= 0.3 is 0 Å². The molecule has 0 saturated heterocycles. The predicted octanol–water partition coefficient (Wildman–Crippen LogP) is 3.76. The molecule has 1 unspecified atom stereocenters. The van der Waals surface area contributed by atoms with Gasteiger partial charge in [-0.25, -0.2) is 5.01 Å². The molecule has 9 nitrogen and oxygen atoms in total. The first-order valence-electron chi connectivity index (χ1n) is 9.97.